The first-order valence-electron chi connectivity index (χ1n) is 7.41. The van der Waals surface area contributed by atoms with Crippen LogP contribution in [0.4, 0.5) is 0 Å². The smallest absolute Gasteiger partial charge is 0.105 e. The Balaban J connectivity index is 2.44. The second kappa shape index (κ2) is 7.11. The zero-order valence-electron chi connectivity index (χ0n) is 12.5. The average Bonchev–Trinajstić information content (AvgIpc) is 2.37. The molecule has 0 saturated carbocycles. The Kier molecular flexibility index (Phi) is 6.11. The Morgan fingerprint density at radius 3 is 2.72 bits per heavy atom. The number of nitrogens with one attached hydrogen (secondary N) is 1. The summed E-state index contributed by atoms with van der Waals surface area (Å²) < 4.78 is 0. The van der Waals surface area contributed by atoms with Crippen LogP contribution in [-0.4, -0.2) is 36.1 Å². The third-order valence-corrected chi connectivity index (χ3v) is 4.16. The largest absolute Gasteiger partial charge is 0.300 e. The van der Waals surface area contributed by atoms with Crippen molar-refractivity contribution in [2.24, 2.45) is 5.92 Å². The number of nitrogens with zero attached hydrogens (tertiary/aromatic N) is 2. The minimum absolute atomic E-state index is 0.365. The van der Waals surface area contributed by atoms with Crippen LogP contribution in [0.15, 0.2) is 0 Å². The van der Waals surface area contributed by atoms with Gasteiger partial charge in [-0.15, -0.1) is 0 Å². The Morgan fingerprint density at radius 2 is 2.11 bits per heavy atom. The van der Waals surface area contributed by atoms with E-state index >= 15 is 0 Å². The van der Waals surface area contributed by atoms with E-state index in [9.17, 15) is 5.26 Å². The van der Waals surface area contributed by atoms with E-state index in [2.05, 4.69) is 37.1 Å². The van der Waals surface area contributed by atoms with Gasteiger partial charge in [0.1, 0.15) is 5.54 Å². The van der Waals surface area contributed by atoms with Gasteiger partial charge in [0.2, 0.25) is 0 Å². The van der Waals surface area contributed by atoms with Gasteiger partial charge >= 0.3 is 0 Å². The van der Waals surface area contributed by atoms with E-state index < -0.39 is 0 Å². The van der Waals surface area contributed by atoms with Gasteiger partial charge < -0.3 is 4.90 Å². The molecule has 0 aliphatic carbocycles. The SMILES string of the molecule is CCCNC(C)(C#N)CCN1CC(C)CCC1C. The van der Waals surface area contributed by atoms with E-state index in [-0.39, 0.29) is 5.54 Å². The van der Waals surface area contributed by atoms with Gasteiger partial charge in [0.25, 0.3) is 0 Å². The molecule has 18 heavy (non-hydrogen) atoms. The van der Waals surface area contributed by atoms with Crippen LogP contribution in [0.5, 0.6) is 0 Å². The molecular formula is C15H29N3. The number of hydrogen-bond donors (Lipinski definition) is 1. The van der Waals surface area contributed by atoms with Crippen molar-refractivity contribution < 1.29 is 0 Å². The summed E-state index contributed by atoms with van der Waals surface area (Å²) in [4.78, 5) is 2.55. The lowest BCUT2D eigenvalue weighted by molar-refractivity contribution is 0.116. The molecule has 1 aliphatic heterocycles. The summed E-state index contributed by atoms with van der Waals surface area (Å²) in [5.41, 5.74) is -0.365. The predicted molar refractivity (Wildman–Crippen MR) is 76.4 cm³/mol. The van der Waals surface area contributed by atoms with Crippen LogP contribution < -0.4 is 5.32 Å². The van der Waals surface area contributed by atoms with Crippen LogP contribution in [0, 0.1) is 17.2 Å². The third kappa shape index (κ3) is 4.59. The first-order valence-corrected chi connectivity index (χ1v) is 7.41. The van der Waals surface area contributed by atoms with E-state index in [0.717, 1.165) is 31.8 Å². The predicted octanol–water partition coefficient (Wildman–Crippen LogP) is 2.78. The molecule has 3 unspecified atom stereocenters. The number of hydrogen-bond acceptors (Lipinski definition) is 3. The summed E-state index contributed by atoms with van der Waals surface area (Å²) in [5.74, 6) is 0.804. The van der Waals surface area contributed by atoms with E-state index in [1.165, 1.54) is 19.4 Å². The van der Waals surface area contributed by atoms with E-state index in [1.807, 2.05) is 6.92 Å². The van der Waals surface area contributed by atoms with Crippen LogP contribution >= 0.6 is 0 Å². The van der Waals surface area contributed by atoms with Crippen molar-refractivity contribution in [3.8, 4) is 6.07 Å². The molecule has 0 radical (unpaired) electrons. The minimum Gasteiger partial charge on any atom is -0.300 e. The van der Waals surface area contributed by atoms with Crippen molar-refractivity contribution in [2.75, 3.05) is 19.6 Å². The average molecular weight is 251 g/mol. The first kappa shape index (κ1) is 15.5. The van der Waals surface area contributed by atoms with Gasteiger partial charge in [-0.1, -0.05) is 13.8 Å². The number of nitriles is 1. The summed E-state index contributed by atoms with van der Waals surface area (Å²) in [6, 6.07) is 3.12. The lowest BCUT2D eigenvalue weighted by Gasteiger charge is -2.38. The molecule has 1 rings (SSSR count). The fourth-order valence-electron chi connectivity index (χ4n) is 2.64. The number of piperidine rings is 1. The van der Waals surface area contributed by atoms with Crippen LogP contribution in [0.25, 0.3) is 0 Å². The van der Waals surface area contributed by atoms with E-state index in [0.29, 0.717) is 6.04 Å². The molecular weight excluding hydrogens is 222 g/mol. The molecule has 0 aromatic heterocycles. The highest BCUT2D eigenvalue weighted by atomic mass is 15.2. The van der Waals surface area contributed by atoms with Crippen molar-refractivity contribution in [2.45, 2.75) is 65.0 Å². The van der Waals surface area contributed by atoms with Crippen molar-refractivity contribution in [3.63, 3.8) is 0 Å². The molecule has 0 bridgehead atoms. The van der Waals surface area contributed by atoms with E-state index in [4.69, 9.17) is 0 Å². The molecule has 3 heteroatoms. The Hall–Kier alpha value is -0.590. The number of rotatable bonds is 6. The Bertz CT molecular complexity index is 284. The van der Waals surface area contributed by atoms with Crippen LogP contribution in [-0.2, 0) is 0 Å². The zero-order chi connectivity index (χ0) is 13.6. The van der Waals surface area contributed by atoms with Gasteiger partial charge in [0.15, 0.2) is 0 Å². The molecule has 0 amide bonds. The van der Waals surface area contributed by atoms with Crippen LogP contribution in [0.2, 0.25) is 0 Å². The van der Waals surface area contributed by atoms with Gasteiger partial charge in [-0.05, 0) is 52.0 Å². The minimum atomic E-state index is -0.365. The molecule has 3 nitrogen and oxygen atoms in total. The van der Waals surface area contributed by atoms with E-state index in [1.54, 1.807) is 0 Å². The van der Waals surface area contributed by atoms with Crippen molar-refractivity contribution in [3.05, 3.63) is 0 Å². The summed E-state index contributed by atoms with van der Waals surface area (Å²) in [6.07, 6.45) is 4.64. The summed E-state index contributed by atoms with van der Waals surface area (Å²) in [6.45, 7) is 12.0. The van der Waals surface area contributed by atoms with Crippen LogP contribution in [0.1, 0.15) is 53.4 Å². The molecule has 3 atom stereocenters. The summed E-state index contributed by atoms with van der Waals surface area (Å²) in [7, 11) is 0. The first-order chi connectivity index (χ1) is 8.50. The maximum atomic E-state index is 9.33. The topological polar surface area (TPSA) is 39.1 Å². The lowest BCUT2D eigenvalue weighted by Crippen LogP contribution is -2.47. The summed E-state index contributed by atoms with van der Waals surface area (Å²) in [5, 5.41) is 12.7. The number of likely N-dealkylation sites (tertiary alicyclic amines) is 1. The quantitative estimate of drug-likeness (QED) is 0.789. The molecule has 1 fully saturated rings. The Morgan fingerprint density at radius 1 is 1.39 bits per heavy atom. The Labute approximate surface area is 113 Å². The van der Waals surface area contributed by atoms with Gasteiger partial charge in [0.05, 0.1) is 6.07 Å². The highest BCUT2D eigenvalue weighted by molar-refractivity contribution is 5.04. The van der Waals surface area contributed by atoms with Gasteiger partial charge in [-0.3, -0.25) is 5.32 Å². The monoisotopic (exact) mass is 251 g/mol. The van der Waals surface area contributed by atoms with Crippen molar-refractivity contribution >= 4 is 0 Å². The normalized spacial score (nSPS) is 28.6. The molecule has 104 valence electrons. The van der Waals surface area contributed by atoms with Gasteiger partial charge in [-0.25, -0.2) is 0 Å². The molecule has 1 aliphatic rings. The van der Waals surface area contributed by atoms with Crippen molar-refractivity contribution in [1.82, 2.24) is 10.2 Å². The molecule has 0 spiro atoms. The second-order valence-electron chi connectivity index (χ2n) is 6.15. The third-order valence-electron chi connectivity index (χ3n) is 4.16. The van der Waals surface area contributed by atoms with Crippen molar-refractivity contribution in [1.29, 1.82) is 5.26 Å². The molecule has 0 aromatic carbocycles. The molecule has 1 heterocycles. The van der Waals surface area contributed by atoms with Gasteiger partial charge in [0, 0.05) is 19.1 Å². The second-order valence-corrected chi connectivity index (χ2v) is 6.15. The lowest BCUT2D eigenvalue weighted by atomic mass is 9.93. The summed E-state index contributed by atoms with van der Waals surface area (Å²) >= 11 is 0. The van der Waals surface area contributed by atoms with Crippen LogP contribution in [0.3, 0.4) is 0 Å². The zero-order valence-corrected chi connectivity index (χ0v) is 12.5. The fourth-order valence-corrected chi connectivity index (χ4v) is 2.64. The fraction of sp³-hybridized carbons (Fsp3) is 0.933. The highest BCUT2D eigenvalue weighted by Crippen LogP contribution is 2.22. The molecule has 1 N–H and O–H groups in total. The highest BCUT2D eigenvalue weighted by Gasteiger charge is 2.27. The molecule has 1 saturated heterocycles. The molecule has 0 aromatic rings. The standard InChI is InChI=1S/C15H29N3/c1-5-9-17-15(4,12-16)8-10-18-11-13(2)6-7-14(18)3/h13-14,17H,5-11H2,1-4H3. The maximum absolute atomic E-state index is 9.33. The maximum Gasteiger partial charge on any atom is 0.105 e. The van der Waals surface area contributed by atoms with Gasteiger partial charge in [-0.2, -0.15) is 5.26 Å².